The molecule has 1 aliphatic rings. The van der Waals surface area contributed by atoms with Gasteiger partial charge in [-0.3, -0.25) is 14.9 Å². The van der Waals surface area contributed by atoms with Gasteiger partial charge < -0.3 is 15.5 Å². The van der Waals surface area contributed by atoms with E-state index in [9.17, 15) is 14.9 Å². The summed E-state index contributed by atoms with van der Waals surface area (Å²) >= 11 is 0. The van der Waals surface area contributed by atoms with E-state index in [0.29, 0.717) is 17.2 Å². The summed E-state index contributed by atoms with van der Waals surface area (Å²) in [5.41, 5.74) is 0.908. The number of rotatable bonds is 6. The largest absolute Gasteiger partial charge is 0.366 e. The molecule has 1 heterocycles. The molecule has 0 aliphatic carbocycles. The Hall–Kier alpha value is -2.15. The number of carbonyl (C=O) groups excluding carboxylic acids is 1. The predicted octanol–water partition coefficient (Wildman–Crippen LogP) is 1.78. The van der Waals surface area contributed by atoms with Gasteiger partial charge >= 0.3 is 0 Å². The summed E-state index contributed by atoms with van der Waals surface area (Å²) in [5.74, 6) is 0.305. The molecule has 1 saturated heterocycles. The molecule has 126 valence electrons. The van der Waals surface area contributed by atoms with E-state index in [1.165, 1.54) is 13.1 Å². The molecule has 1 aromatic rings. The number of nitro benzene ring substituents is 1. The van der Waals surface area contributed by atoms with Crippen molar-refractivity contribution in [2.75, 3.05) is 38.1 Å². The van der Waals surface area contributed by atoms with E-state index < -0.39 is 4.92 Å². The van der Waals surface area contributed by atoms with E-state index in [1.807, 2.05) is 4.90 Å². The fourth-order valence-corrected chi connectivity index (χ4v) is 2.95. The summed E-state index contributed by atoms with van der Waals surface area (Å²) in [4.78, 5) is 24.7. The van der Waals surface area contributed by atoms with E-state index in [0.717, 1.165) is 39.0 Å². The Kier molecular flexibility index (Phi) is 5.92. The lowest BCUT2D eigenvalue weighted by molar-refractivity contribution is -0.384. The molecule has 0 unspecified atom stereocenters. The van der Waals surface area contributed by atoms with Gasteiger partial charge in [0.2, 0.25) is 0 Å². The van der Waals surface area contributed by atoms with Crippen molar-refractivity contribution in [2.45, 2.75) is 19.8 Å². The van der Waals surface area contributed by atoms with Gasteiger partial charge in [0.05, 0.1) is 4.92 Å². The Morgan fingerprint density at radius 1 is 1.39 bits per heavy atom. The van der Waals surface area contributed by atoms with Crippen molar-refractivity contribution in [3.05, 3.63) is 33.9 Å². The Labute approximate surface area is 136 Å². The molecule has 7 nitrogen and oxygen atoms in total. The first-order chi connectivity index (χ1) is 11.1. The fourth-order valence-electron chi connectivity index (χ4n) is 2.95. The number of carbonyl (C=O) groups is 1. The normalized spacial score (nSPS) is 15.5. The van der Waals surface area contributed by atoms with E-state index >= 15 is 0 Å². The van der Waals surface area contributed by atoms with Crippen LogP contribution >= 0.6 is 0 Å². The quantitative estimate of drug-likeness (QED) is 0.616. The monoisotopic (exact) mass is 320 g/mol. The molecule has 2 rings (SSSR count). The number of nitro groups is 1. The van der Waals surface area contributed by atoms with Gasteiger partial charge in [-0.1, -0.05) is 6.92 Å². The van der Waals surface area contributed by atoms with E-state index in [-0.39, 0.29) is 11.6 Å². The summed E-state index contributed by atoms with van der Waals surface area (Å²) in [7, 11) is 1.51. The van der Waals surface area contributed by atoms with Crippen molar-refractivity contribution in [2.24, 2.45) is 5.92 Å². The van der Waals surface area contributed by atoms with Gasteiger partial charge in [0.1, 0.15) is 5.69 Å². The van der Waals surface area contributed by atoms with Crippen LogP contribution < -0.4 is 15.5 Å². The van der Waals surface area contributed by atoms with Crippen molar-refractivity contribution in [3.8, 4) is 0 Å². The minimum atomic E-state index is -0.410. The van der Waals surface area contributed by atoms with Crippen LogP contribution in [0, 0.1) is 16.0 Å². The molecule has 0 radical (unpaired) electrons. The lowest BCUT2D eigenvalue weighted by Gasteiger charge is -2.33. The molecule has 7 heteroatoms. The zero-order chi connectivity index (χ0) is 16.8. The number of anilines is 1. The number of nitrogens with zero attached hydrogens (tertiary/aromatic N) is 2. The highest BCUT2D eigenvalue weighted by atomic mass is 16.6. The van der Waals surface area contributed by atoms with Crippen molar-refractivity contribution < 1.29 is 9.72 Å². The van der Waals surface area contributed by atoms with Crippen LogP contribution in [0.5, 0.6) is 0 Å². The molecule has 0 bridgehead atoms. The molecule has 1 fully saturated rings. The number of amides is 1. The van der Waals surface area contributed by atoms with Gasteiger partial charge in [-0.05, 0) is 44.0 Å². The number of benzene rings is 1. The topological polar surface area (TPSA) is 87.5 Å². The van der Waals surface area contributed by atoms with Gasteiger partial charge in [-0.15, -0.1) is 0 Å². The summed E-state index contributed by atoms with van der Waals surface area (Å²) < 4.78 is 0. The number of piperidine rings is 1. The predicted molar refractivity (Wildman–Crippen MR) is 90.0 cm³/mol. The first-order valence-corrected chi connectivity index (χ1v) is 8.03. The van der Waals surface area contributed by atoms with Crippen molar-refractivity contribution in [3.63, 3.8) is 0 Å². The highest BCUT2D eigenvalue weighted by Gasteiger charge is 2.25. The summed E-state index contributed by atoms with van der Waals surface area (Å²) in [5, 5.41) is 17.2. The van der Waals surface area contributed by atoms with Gasteiger partial charge in [0, 0.05) is 31.8 Å². The highest BCUT2D eigenvalue weighted by Crippen LogP contribution is 2.32. The van der Waals surface area contributed by atoms with Crippen LogP contribution in [0.4, 0.5) is 11.4 Å². The molecule has 0 saturated carbocycles. The minimum absolute atomic E-state index is 0.00349. The average molecular weight is 320 g/mol. The van der Waals surface area contributed by atoms with Crippen molar-refractivity contribution >= 4 is 17.3 Å². The lowest BCUT2D eigenvalue weighted by Crippen LogP contribution is -2.37. The maximum Gasteiger partial charge on any atom is 0.293 e. The van der Waals surface area contributed by atoms with Crippen LogP contribution in [0.15, 0.2) is 18.2 Å². The van der Waals surface area contributed by atoms with Crippen LogP contribution in [0.2, 0.25) is 0 Å². The fraction of sp³-hybridized carbons (Fsp3) is 0.562. The standard InChI is InChI=1S/C16H24N4O3/c1-3-18-11-12-6-8-19(9-7-12)14-5-4-13(16(21)17-2)10-15(14)20(22)23/h4-5,10,12,18H,3,6-9,11H2,1-2H3,(H,17,21). The van der Waals surface area contributed by atoms with E-state index in [2.05, 4.69) is 17.6 Å². The molecule has 2 N–H and O–H groups in total. The molecule has 1 aliphatic heterocycles. The Balaban J connectivity index is 2.13. The summed E-state index contributed by atoms with van der Waals surface area (Å²) in [6.07, 6.45) is 2.03. The second-order valence-electron chi connectivity index (χ2n) is 5.78. The molecule has 0 spiro atoms. The van der Waals surface area contributed by atoms with Crippen molar-refractivity contribution in [1.82, 2.24) is 10.6 Å². The molecular formula is C16H24N4O3. The van der Waals surface area contributed by atoms with Crippen LogP contribution in [-0.4, -0.2) is 44.1 Å². The summed E-state index contributed by atoms with van der Waals surface area (Å²) in [6.45, 7) is 5.66. The van der Waals surface area contributed by atoms with Gasteiger partial charge in [0.15, 0.2) is 0 Å². The van der Waals surface area contributed by atoms with Crippen LogP contribution in [0.25, 0.3) is 0 Å². The second-order valence-corrected chi connectivity index (χ2v) is 5.78. The van der Waals surface area contributed by atoms with Crippen molar-refractivity contribution in [1.29, 1.82) is 0 Å². The highest BCUT2D eigenvalue weighted by molar-refractivity contribution is 5.95. The third kappa shape index (κ3) is 4.19. The van der Waals surface area contributed by atoms with Crippen LogP contribution in [-0.2, 0) is 0 Å². The molecule has 1 aromatic carbocycles. The maximum absolute atomic E-state index is 11.7. The smallest absolute Gasteiger partial charge is 0.293 e. The van der Waals surface area contributed by atoms with Gasteiger partial charge in [0.25, 0.3) is 11.6 Å². The number of hydrogen-bond acceptors (Lipinski definition) is 5. The summed E-state index contributed by atoms with van der Waals surface area (Å²) in [6, 6.07) is 4.69. The second kappa shape index (κ2) is 7.92. The van der Waals surface area contributed by atoms with Crippen LogP contribution in [0.3, 0.4) is 0 Å². The Morgan fingerprint density at radius 3 is 2.65 bits per heavy atom. The lowest BCUT2D eigenvalue weighted by atomic mass is 9.96. The molecule has 23 heavy (non-hydrogen) atoms. The molecule has 1 amide bonds. The van der Waals surface area contributed by atoms with E-state index in [1.54, 1.807) is 12.1 Å². The van der Waals surface area contributed by atoms with Gasteiger partial charge in [-0.25, -0.2) is 0 Å². The minimum Gasteiger partial charge on any atom is -0.366 e. The zero-order valence-electron chi connectivity index (χ0n) is 13.7. The first kappa shape index (κ1) is 17.2. The average Bonchev–Trinajstić information content (AvgIpc) is 2.59. The number of nitrogens with one attached hydrogen (secondary N) is 2. The maximum atomic E-state index is 11.7. The van der Waals surface area contributed by atoms with Gasteiger partial charge in [-0.2, -0.15) is 0 Å². The third-order valence-electron chi connectivity index (χ3n) is 4.30. The van der Waals surface area contributed by atoms with Crippen LogP contribution in [0.1, 0.15) is 30.1 Å². The third-order valence-corrected chi connectivity index (χ3v) is 4.30. The number of hydrogen-bond donors (Lipinski definition) is 2. The SMILES string of the molecule is CCNCC1CCN(c2ccc(C(=O)NC)cc2[N+](=O)[O-])CC1. The molecule has 0 atom stereocenters. The Bertz CT molecular complexity index is 568. The molecule has 0 aromatic heterocycles. The zero-order valence-corrected chi connectivity index (χ0v) is 13.7. The van der Waals surface area contributed by atoms with E-state index in [4.69, 9.17) is 0 Å². The Morgan fingerprint density at radius 2 is 2.09 bits per heavy atom. The molecular weight excluding hydrogens is 296 g/mol. The first-order valence-electron chi connectivity index (χ1n) is 8.03.